The third-order valence-corrected chi connectivity index (χ3v) is 4.08. The van der Waals surface area contributed by atoms with E-state index in [1.54, 1.807) is 7.11 Å². The third kappa shape index (κ3) is 2.10. The van der Waals surface area contributed by atoms with Gasteiger partial charge in [0.15, 0.2) is 0 Å². The van der Waals surface area contributed by atoms with Crippen molar-refractivity contribution in [1.29, 1.82) is 0 Å². The van der Waals surface area contributed by atoms with E-state index in [4.69, 9.17) is 4.74 Å². The molecule has 3 heteroatoms. The van der Waals surface area contributed by atoms with Crippen molar-refractivity contribution in [3.05, 3.63) is 33.8 Å². The Morgan fingerprint density at radius 2 is 2.20 bits per heavy atom. The van der Waals surface area contributed by atoms with E-state index in [0.717, 1.165) is 19.5 Å². The van der Waals surface area contributed by atoms with Gasteiger partial charge in [-0.1, -0.05) is 28.1 Å². The van der Waals surface area contributed by atoms with Crippen LogP contribution in [0.5, 0.6) is 0 Å². The fraction of sp³-hybridized carbons (Fsp3) is 0.500. The zero-order valence-electron chi connectivity index (χ0n) is 9.14. The van der Waals surface area contributed by atoms with Gasteiger partial charge in [-0.3, -0.25) is 0 Å². The molecule has 0 unspecified atom stereocenters. The number of hydrogen-bond donors (Lipinski definition) is 1. The number of nitrogens with one attached hydrogen (secondary N) is 1. The van der Waals surface area contributed by atoms with E-state index in [2.05, 4.69) is 46.4 Å². The molecule has 1 aliphatic rings. The van der Waals surface area contributed by atoms with Crippen molar-refractivity contribution < 1.29 is 4.74 Å². The highest BCUT2D eigenvalue weighted by Gasteiger charge is 2.37. The predicted octanol–water partition coefficient (Wildman–Crippen LogP) is 2.29. The van der Waals surface area contributed by atoms with Crippen molar-refractivity contribution in [1.82, 2.24) is 5.32 Å². The van der Waals surface area contributed by atoms with Gasteiger partial charge in [0, 0.05) is 31.1 Å². The minimum absolute atomic E-state index is 0.0194. The zero-order chi connectivity index (χ0) is 10.9. The van der Waals surface area contributed by atoms with E-state index in [9.17, 15) is 0 Å². The van der Waals surface area contributed by atoms with E-state index in [1.165, 1.54) is 15.6 Å². The van der Waals surface area contributed by atoms with Crippen molar-refractivity contribution in [3.8, 4) is 0 Å². The lowest BCUT2D eigenvalue weighted by molar-refractivity contribution is -0.0503. The molecule has 1 saturated heterocycles. The Kier molecular flexibility index (Phi) is 3.14. The molecule has 1 N–H and O–H groups in total. The first-order chi connectivity index (χ1) is 7.17. The quantitative estimate of drug-likeness (QED) is 0.909. The number of halogens is 1. The molecule has 1 aliphatic heterocycles. The van der Waals surface area contributed by atoms with E-state index in [0.29, 0.717) is 0 Å². The van der Waals surface area contributed by atoms with E-state index in [1.807, 2.05) is 0 Å². The highest BCUT2D eigenvalue weighted by molar-refractivity contribution is 9.10. The van der Waals surface area contributed by atoms with Gasteiger partial charge in [-0.25, -0.2) is 0 Å². The normalized spacial score (nSPS) is 18.6. The molecule has 0 saturated carbocycles. The average Bonchev–Trinajstić information content (AvgIpc) is 2.18. The lowest BCUT2D eigenvalue weighted by atomic mass is 9.87. The van der Waals surface area contributed by atoms with Crippen LogP contribution in [0.25, 0.3) is 0 Å². The summed E-state index contributed by atoms with van der Waals surface area (Å²) in [5, 5.41) is 3.27. The van der Waals surface area contributed by atoms with Crippen LogP contribution in [-0.4, -0.2) is 25.8 Å². The number of methoxy groups -OCH3 is 1. The summed E-state index contributed by atoms with van der Waals surface area (Å²) >= 11 is 3.56. The second-order valence-electron chi connectivity index (χ2n) is 4.19. The molecule has 2 rings (SSSR count). The molecule has 0 amide bonds. The first-order valence-electron chi connectivity index (χ1n) is 5.17. The fourth-order valence-corrected chi connectivity index (χ4v) is 2.34. The van der Waals surface area contributed by atoms with Crippen LogP contribution in [0.4, 0.5) is 0 Å². The first-order valence-corrected chi connectivity index (χ1v) is 5.96. The standard InChI is InChI=1S/C12H16BrNO/c1-9-10(4-3-5-11(9)13)6-12(15-2)7-14-8-12/h3-5,14H,6-8H2,1-2H3. The molecule has 15 heavy (non-hydrogen) atoms. The average molecular weight is 270 g/mol. The smallest absolute Gasteiger partial charge is 0.0966 e. The Labute approximate surface area is 99.1 Å². The van der Waals surface area contributed by atoms with Crippen LogP contribution < -0.4 is 5.32 Å². The highest BCUT2D eigenvalue weighted by atomic mass is 79.9. The Morgan fingerprint density at radius 3 is 2.73 bits per heavy atom. The summed E-state index contributed by atoms with van der Waals surface area (Å²) < 4.78 is 6.77. The molecule has 1 heterocycles. The summed E-state index contributed by atoms with van der Waals surface area (Å²) in [5.41, 5.74) is 2.71. The van der Waals surface area contributed by atoms with E-state index < -0.39 is 0 Å². The van der Waals surface area contributed by atoms with Crippen LogP contribution in [0.2, 0.25) is 0 Å². The van der Waals surface area contributed by atoms with E-state index >= 15 is 0 Å². The predicted molar refractivity (Wildman–Crippen MR) is 65.2 cm³/mol. The molecule has 0 atom stereocenters. The second-order valence-corrected chi connectivity index (χ2v) is 5.05. The molecule has 1 aromatic rings. The van der Waals surface area contributed by atoms with Crippen LogP contribution in [0.15, 0.2) is 22.7 Å². The van der Waals surface area contributed by atoms with Gasteiger partial charge >= 0.3 is 0 Å². The third-order valence-electron chi connectivity index (χ3n) is 3.22. The van der Waals surface area contributed by atoms with E-state index in [-0.39, 0.29) is 5.60 Å². The molecular weight excluding hydrogens is 254 g/mol. The molecule has 0 aliphatic carbocycles. The molecule has 1 fully saturated rings. The van der Waals surface area contributed by atoms with Gasteiger partial charge < -0.3 is 10.1 Å². The molecule has 2 nitrogen and oxygen atoms in total. The number of benzene rings is 1. The molecule has 0 bridgehead atoms. The highest BCUT2D eigenvalue weighted by Crippen LogP contribution is 2.26. The van der Waals surface area contributed by atoms with Gasteiger partial charge in [-0.15, -0.1) is 0 Å². The van der Waals surface area contributed by atoms with Gasteiger partial charge in [0.05, 0.1) is 5.60 Å². The summed E-state index contributed by atoms with van der Waals surface area (Å²) in [4.78, 5) is 0. The molecular formula is C12H16BrNO. The minimum Gasteiger partial charge on any atom is -0.375 e. The van der Waals surface area contributed by atoms with Crippen LogP contribution in [0.3, 0.4) is 0 Å². The number of rotatable bonds is 3. The van der Waals surface area contributed by atoms with Crippen molar-refractivity contribution in [2.45, 2.75) is 18.9 Å². The van der Waals surface area contributed by atoms with Crippen molar-refractivity contribution in [2.24, 2.45) is 0 Å². The summed E-state index contributed by atoms with van der Waals surface area (Å²) in [5.74, 6) is 0. The summed E-state index contributed by atoms with van der Waals surface area (Å²) in [6.07, 6.45) is 0.988. The summed E-state index contributed by atoms with van der Waals surface area (Å²) in [6.45, 7) is 4.06. The van der Waals surface area contributed by atoms with Gasteiger partial charge in [-0.2, -0.15) is 0 Å². The van der Waals surface area contributed by atoms with Gasteiger partial charge in [0.2, 0.25) is 0 Å². The molecule has 0 spiro atoms. The Hall–Kier alpha value is -0.380. The first kappa shape index (κ1) is 11.1. The number of hydrogen-bond acceptors (Lipinski definition) is 2. The maximum absolute atomic E-state index is 5.59. The topological polar surface area (TPSA) is 21.3 Å². The zero-order valence-corrected chi connectivity index (χ0v) is 10.7. The lowest BCUT2D eigenvalue weighted by Gasteiger charge is -2.41. The second kappa shape index (κ2) is 4.24. The maximum Gasteiger partial charge on any atom is 0.0966 e. The van der Waals surface area contributed by atoms with Gasteiger partial charge in [-0.05, 0) is 24.1 Å². The van der Waals surface area contributed by atoms with Crippen LogP contribution in [0, 0.1) is 6.92 Å². The van der Waals surface area contributed by atoms with Crippen molar-refractivity contribution >= 4 is 15.9 Å². The molecule has 82 valence electrons. The van der Waals surface area contributed by atoms with Crippen LogP contribution in [-0.2, 0) is 11.2 Å². The van der Waals surface area contributed by atoms with Gasteiger partial charge in [0.1, 0.15) is 0 Å². The Bertz CT molecular complexity index is 355. The number of ether oxygens (including phenoxy) is 1. The summed E-state index contributed by atoms with van der Waals surface area (Å²) in [7, 11) is 1.80. The molecule has 0 radical (unpaired) electrons. The van der Waals surface area contributed by atoms with Crippen LogP contribution >= 0.6 is 15.9 Å². The van der Waals surface area contributed by atoms with Crippen molar-refractivity contribution in [2.75, 3.05) is 20.2 Å². The fourth-order valence-electron chi connectivity index (χ4n) is 1.94. The largest absolute Gasteiger partial charge is 0.375 e. The van der Waals surface area contributed by atoms with Crippen molar-refractivity contribution in [3.63, 3.8) is 0 Å². The minimum atomic E-state index is 0.0194. The molecule has 0 aromatic heterocycles. The SMILES string of the molecule is COC1(Cc2cccc(Br)c2C)CNC1. The van der Waals surface area contributed by atoms with Gasteiger partial charge in [0.25, 0.3) is 0 Å². The Morgan fingerprint density at radius 1 is 1.47 bits per heavy atom. The lowest BCUT2D eigenvalue weighted by Crippen LogP contribution is -2.61. The monoisotopic (exact) mass is 269 g/mol. The maximum atomic E-state index is 5.59. The summed E-state index contributed by atoms with van der Waals surface area (Å²) in [6, 6.07) is 6.35. The van der Waals surface area contributed by atoms with Crippen LogP contribution in [0.1, 0.15) is 11.1 Å². The molecule has 1 aromatic carbocycles. The Balaban J connectivity index is 2.20.